The van der Waals surface area contributed by atoms with Gasteiger partial charge in [0.05, 0.1) is 16.9 Å². The molecule has 1 heterocycles. The van der Waals surface area contributed by atoms with Crippen molar-refractivity contribution in [3.8, 4) is 0 Å². The van der Waals surface area contributed by atoms with Gasteiger partial charge in [-0.1, -0.05) is 24.4 Å². The fraction of sp³-hybridized carbons (Fsp3) is 0.462. The predicted octanol–water partition coefficient (Wildman–Crippen LogP) is 4.23. The van der Waals surface area contributed by atoms with Gasteiger partial charge >= 0.3 is 0 Å². The lowest BCUT2D eigenvalue weighted by molar-refractivity contribution is 0.594. The molecule has 1 aromatic heterocycles. The number of hydrogen-bond donors (Lipinski definition) is 0. The number of aromatic nitrogens is 2. The minimum Gasteiger partial charge on any atom is -0.327 e. The lowest BCUT2D eigenvalue weighted by atomic mass is 10.2. The van der Waals surface area contributed by atoms with Crippen LogP contribution in [-0.4, -0.2) is 9.55 Å². The van der Waals surface area contributed by atoms with E-state index < -0.39 is 0 Å². The van der Waals surface area contributed by atoms with Crippen molar-refractivity contribution in [2.75, 3.05) is 0 Å². The van der Waals surface area contributed by atoms with Crippen LogP contribution in [0.1, 0.15) is 25.1 Å². The standard InChI is InChI=1S/C13H14Cl2N2/c14-8-13-16-11-4-3-10(15)7-12(11)17(13)6-5-9-1-2-9/h3-4,7,9H,1-2,5-6,8H2. The summed E-state index contributed by atoms with van der Waals surface area (Å²) in [6.45, 7) is 1.00. The van der Waals surface area contributed by atoms with Gasteiger partial charge in [-0.25, -0.2) is 4.98 Å². The molecule has 0 N–H and O–H groups in total. The van der Waals surface area contributed by atoms with Gasteiger partial charge in [-0.2, -0.15) is 0 Å². The van der Waals surface area contributed by atoms with Crippen molar-refractivity contribution in [2.24, 2.45) is 5.92 Å². The highest BCUT2D eigenvalue weighted by Crippen LogP contribution is 2.33. The molecule has 2 aromatic rings. The average molecular weight is 269 g/mol. The van der Waals surface area contributed by atoms with Crippen molar-refractivity contribution in [3.05, 3.63) is 29.0 Å². The highest BCUT2D eigenvalue weighted by atomic mass is 35.5. The van der Waals surface area contributed by atoms with Gasteiger partial charge in [-0.05, 0) is 30.5 Å². The van der Waals surface area contributed by atoms with E-state index in [-0.39, 0.29) is 0 Å². The number of alkyl halides is 1. The van der Waals surface area contributed by atoms with Crippen molar-refractivity contribution < 1.29 is 0 Å². The van der Waals surface area contributed by atoms with Crippen molar-refractivity contribution in [2.45, 2.75) is 31.7 Å². The van der Waals surface area contributed by atoms with Gasteiger partial charge in [-0.15, -0.1) is 11.6 Å². The van der Waals surface area contributed by atoms with Crippen LogP contribution in [-0.2, 0) is 12.4 Å². The Morgan fingerprint density at radius 2 is 2.18 bits per heavy atom. The normalized spacial score (nSPS) is 15.6. The van der Waals surface area contributed by atoms with E-state index in [1.54, 1.807) is 0 Å². The summed E-state index contributed by atoms with van der Waals surface area (Å²) in [6.07, 6.45) is 3.98. The van der Waals surface area contributed by atoms with E-state index in [9.17, 15) is 0 Å². The number of aryl methyl sites for hydroxylation is 1. The van der Waals surface area contributed by atoms with Crippen LogP contribution in [0.2, 0.25) is 5.02 Å². The molecule has 4 heteroatoms. The molecule has 0 atom stereocenters. The molecule has 1 fully saturated rings. The SMILES string of the molecule is ClCc1nc2ccc(Cl)cc2n1CCC1CC1. The predicted molar refractivity (Wildman–Crippen MR) is 71.6 cm³/mol. The Morgan fingerprint density at radius 3 is 2.88 bits per heavy atom. The second-order valence-electron chi connectivity index (χ2n) is 4.68. The molecule has 0 bridgehead atoms. The van der Waals surface area contributed by atoms with Crippen molar-refractivity contribution in [1.29, 1.82) is 0 Å². The van der Waals surface area contributed by atoms with Gasteiger partial charge < -0.3 is 4.57 Å². The molecule has 3 rings (SSSR count). The van der Waals surface area contributed by atoms with E-state index in [0.29, 0.717) is 5.88 Å². The number of nitrogens with zero attached hydrogens (tertiary/aromatic N) is 2. The molecule has 1 aromatic carbocycles. The molecular weight excluding hydrogens is 255 g/mol. The van der Waals surface area contributed by atoms with Crippen LogP contribution in [0.15, 0.2) is 18.2 Å². The van der Waals surface area contributed by atoms with E-state index in [1.807, 2.05) is 18.2 Å². The Balaban J connectivity index is 2.00. The first-order valence-corrected chi connectivity index (χ1v) is 6.90. The second kappa shape index (κ2) is 4.51. The largest absolute Gasteiger partial charge is 0.327 e. The van der Waals surface area contributed by atoms with Gasteiger partial charge in [0.1, 0.15) is 5.82 Å². The molecule has 1 aliphatic carbocycles. The molecule has 0 saturated heterocycles. The third-order valence-electron chi connectivity index (χ3n) is 3.37. The minimum absolute atomic E-state index is 0.455. The first-order valence-electron chi connectivity index (χ1n) is 5.98. The fourth-order valence-corrected chi connectivity index (χ4v) is 2.59. The maximum Gasteiger partial charge on any atom is 0.124 e. The maximum atomic E-state index is 6.04. The van der Waals surface area contributed by atoms with Gasteiger partial charge in [0, 0.05) is 11.6 Å². The second-order valence-corrected chi connectivity index (χ2v) is 5.38. The zero-order valence-corrected chi connectivity index (χ0v) is 11.0. The molecule has 1 aliphatic rings. The van der Waals surface area contributed by atoms with E-state index >= 15 is 0 Å². The van der Waals surface area contributed by atoms with Crippen LogP contribution in [0.25, 0.3) is 11.0 Å². The number of rotatable bonds is 4. The van der Waals surface area contributed by atoms with E-state index in [4.69, 9.17) is 23.2 Å². The third kappa shape index (κ3) is 2.29. The van der Waals surface area contributed by atoms with E-state index in [2.05, 4.69) is 9.55 Å². The van der Waals surface area contributed by atoms with Gasteiger partial charge in [0.25, 0.3) is 0 Å². The summed E-state index contributed by atoms with van der Waals surface area (Å²) in [6, 6.07) is 5.81. The molecule has 0 aliphatic heterocycles. The smallest absolute Gasteiger partial charge is 0.124 e. The summed E-state index contributed by atoms with van der Waals surface area (Å²) in [5, 5.41) is 0.756. The molecule has 0 radical (unpaired) electrons. The van der Waals surface area contributed by atoms with Crippen molar-refractivity contribution >= 4 is 34.2 Å². The number of benzene rings is 1. The average Bonchev–Trinajstić information content (AvgIpc) is 3.08. The van der Waals surface area contributed by atoms with Crippen LogP contribution in [0.3, 0.4) is 0 Å². The third-order valence-corrected chi connectivity index (χ3v) is 3.84. The lowest BCUT2D eigenvalue weighted by Crippen LogP contribution is -2.03. The quantitative estimate of drug-likeness (QED) is 0.759. The zero-order valence-electron chi connectivity index (χ0n) is 9.50. The number of hydrogen-bond acceptors (Lipinski definition) is 1. The Hall–Kier alpha value is -0.730. The fourth-order valence-electron chi connectivity index (χ4n) is 2.22. The van der Waals surface area contributed by atoms with Crippen molar-refractivity contribution in [1.82, 2.24) is 9.55 Å². The van der Waals surface area contributed by atoms with Crippen LogP contribution >= 0.6 is 23.2 Å². The molecule has 2 nitrogen and oxygen atoms in total. The number of halogens is 2. The maximum absolute atomic E-state index is 6.04. The molecule has 0 amide bonds. The van der Waals surface area contributed by atoms with Crippen molar-refractivity contribution in [3.63, 3.8) is 0 Å². The number of fused-ring (bicyclic) bond motifs is 1. The first kappa shape index (κ1) is 11.4. The Labute approximate surface area is 111 Å². The monoisotopic (exact) mass is 268 g/mol. The van der Waals surface area contributed by atoms with Crippen LogP contribution < -0.4 is 0 Å². The summed E-state index contributed by atoms with van der Waals surface area (Å²) in [4.78, 5) is 4.54. The van der Waals surface area contributed by atoms with Gasteiger partial charge in [0.15, 0.2) is 0 Å². The first-order chi connectivity index (χ1) is 8.28. The van der Waals surface area contributed by atoms with Crippen LogP contribution in [0.5, 0.6) is 0 Å². The van der Waals surface area contributed by atoms with Crippen LogP contribution in [0, 0.1) is 5.92 Å². The van der Waals surface area contributed by atoms with E-state index in [0.717, 1.165) is 34.3 Å². The lowest BCUT2D eigenvalue weighted by Gasteiger charge is -2.06. The zero-order chi connectivity index (χ0) is 11.8. The Kier molecular flexibility index (Phi) is 3.01. The highest BCUT2D eigenvalue weighted by Gasteiger charge is 2.21. The topological polar surface area (TPSA) is 17.8 Å². The summed E-state index contributed by atoms with van der Waals surface area (Å²) in [7, 11) is 0. The molecule has 0 unspecified atom stereocenters. The minimum atomic E-state index is 0.455. The van der Waals surface area contributed by atoms with E-state index in [1.165, 1.54) is 19.3 Å². The van der Waals surface area contributed by atoms with Gasteiger partial charge in [-0.3, -0.25) is 0 Å². The molecule has 90 valence electrons. The summed E-state index contributed by atoms with van der Waals surface area (Å²) < 4.78 is 2.21. The Morgan fingerprint density at radius 1 is 1.35 bits per heavy atom. The van der Waals surface area contributed by atoms with Crippen LogP contribution in [0.4, 0.5) is 0 Å². The summed E-state index contributed by atoms with van der Waals surface area (Å²) in [5.74, 6) is 2.32. The highest BCUT2D eigenvalue weighted by molar-refractivity contribution is 6.31. The Bertz CT molecular complexity index is 544. The summed E-state index contributed by atoms with van der Waals surface area (Å²) in [5.41, 5.74) is 2.09. The molecular formula is C13H14Cl2N2. The summed E-state index contributed by atoms with van der Waals surface area (Å²) >= 11 is 12.0. The van der Waals surface area contributed by atoms with Gasteiger partial charge in [0.2, 0.25) is 0 Å². The molecule has 17 heavy (non-hydrogen) atoms. The molecule has 0 spiro atoms. The molecule has 1 saturated carbocycles. The number of imidazole rings is 1.